The highest BCUT2D eigenvalue weighted by atomic mass is 35.5. The molecule has 0 radical (unpaired) electrons. The number of para-hydroxylation sites is 1. The van der Waals surface area contributed by atoms with E-state index < -0.39 is 5.24 Å². The van der Waals surface area contributed by atoms with Gasteiger partial charge in [0.2, 0.25) is 0 Å². The van der Waals surface area contributed by atoms with Gasteiger partial charge in [0.1, 0.15) is 5.75 Å². The van der Waals surface area contributed by atoms with Gasteiger partial charge in [-0.1, -0.05) is 57.6 Å². The van der Waals surface area contributed by atoms with Crippen molar-refractivity contribution in [2.45, 2.75) is 58.3 Å². The minimum absolute atomic E-state index is 0.229. The topological polar surface area (TPSA) is 43.4 Å². The Morgan fingerprint density at radius 3 is 2.29 bits per heavy atom. The maximum atomic E-state index is 11.7. The second-order valence-corrected chi connectivity index (χ2v) is 5.46. The molecule has 4 heteroatoms. The predicted molar refractivity (Wildman–Crippen MR) is 84.9 cm³/mol. The van der Waals surface area contributed by atoms with Gasteiger partial charge >= 0.3 is 5.97 Å². The van der Waals surface area contributed by atoms with Crippen LogP contribution < -0.4 is 4.74 Å². The summed E-state index contributed by atoms with van der Waals surface area (Å²) in [6, 6.07) is 6.52. The van der Waals surface area contributed by atoms with E-state index in [0.717, 1.165) is 19.3 Å². The lowest BCUT2D eigenvalue weighted by Crippen LogP contribution is -2.09. The fourth-order valence-electron chi connectivity index (χ4n) is 2.12. The summed E-state index contributed by atoms with van der Waals surface area (Å²) >= 11 is 5.45. The zero-order valence-corrected chi connectivity index (χ0v) is 13.3. The Kier molecular flexibility index (Phi) is 8.76. The first-order chi connectivity index (χ1) is 10.1. The average Bonchev–Trinajstić information content (AvgIpc) is 2.46. The molecule has 0 unspecified atom stereocenters. The van der Waals surface area contributed by atoms with Crippen molar-refractivity contribution in [2.24, 2.45) is 0 Å². The highest BCUT2D eigenvalue weighted by Crippen LogP contribution is 2.20. The minimum atomic E-state index is -0.616. The summed E-state index contributed by atoms with van der Waals surface area (Å²) in [5.41, 5.74) is 0.229. The Morgan fingerprint density at radius 2 is 1.62 bits per heavy atom. The van der Waals surface area contributed by atoms with Crippen LogP contribution in [-0.4, -0.2) is 11.2 Å². The summed E-state index contributed by atoms with van der Waals surface area (Å²) < 4.78 is 5.21. The molecule has 0 heterocycles. The molecule has 21 heavy (non-hydrogen) atoms. The van der Waals surface area contributed by atoms with E-state index in [1.54, 1.807) is 24.3 Å². The molecule has 0 spiro atoms. The van der Waals surface area contributed by atoms with E-state index in [0.29, 0.717) is 6.42 Å². The van der Waals surface area contributed by atoms with Gasteiger partial charge in [0.25, 0.3) is 5.24 Å². The monoisotopic (exact) mass is 310 g/mol. The first-order valence-corrected chi connectivity index (χ1v) is 8.02. The van der Waals surface area contributed by atoms with Gasteiger partial charge in [-0.15, -0.1) is 0 Å². The molecular formula is C17H23ClO3. The van der Waals surface area contributed by atoms with Crippen LogP contribution in [0.3, 0.4) is 0 Å². The average molecular weight is 311 g/mol. The molecule has 0 aliphatic rings. The predicted octanol–water partition coefficient (Wildman–Crippen LogP) is 5.11. The van der Waals surface area contributed by atoms with E-state index in [4.69, 9.17) is 16.3 Å². The standard InChI is InChI=1S/C17H23ClO3/c1-2-3-4-5-6-7-8-13-16(19)21-15-12-10-9-11-14(15)17(18)20/h9-12H,2-8,13H2,1H3. The van der Waals surface area contributed by atoms with E-state index in [2.05, 4.69) is 6.92 Å². The fraction of sp³-hybridized carbons (Fsp3) is 0.529. The number of carbonyl (C=O) groups is 2. The zero-order chi connectivity index (χ0) is 15.5. The molecule has 0 aliphatic heterocycles. The van der Waals surface area contributed by atoms with Gasteiger partial charge < -0.3 is 4.74 Å². The Bertz CT molecular complexity index is 457. The highest BCUT2D eigenvalue weighted by molar-refractivity contribution is 6.68. The van der Waals surface area contributed by atoms with Crippen molar-refractivity contribution >= 4 is 22.8 Å². The Morgan fingerprint density at radius 1 is 1.00 bits per heavy atom. The van der Waals surface area contributed by atoms with Crippen LogP contribution in [-0.2, 0) is 4.79 Å². The molecule has 0 saturated carbocycles. The van der Waals surface area contributed by atoms with Crippen LogP contribution in [0.25, 0.3) is 0 Å². The van der Waals surface area contributed by atoms with Crippen LogP contribution in [0.15, 0.2) is 24.3 Å². The van der Waals surface area contributed by atoms with Gasteiger partial charge in [-0.05, 0) is 30.2 Å². The molecule has 0 bridgehead atoms. The SMILES string of the molecule is CCCCCCCCCC(=O)Oc1ccccc1C(=O)Cl. The van der Waals surface area contributed by atoms with Crippen molar-refractivity contribution in [3.8, 4) is 5.75 Å². The third kappa shape index (κ3) is 7.28. The van der Waals surface area contributed by atoms with Gasteiger partial charge in [0.05, 0.1) is 5.56 Å². The zero-order valence-electron chi connectivity index (χ0n) is 12.6. The maximum Gasteiger partial charge on any atom is 0.311 e. The second-order valence-electron chi connectivity index (χ2n) is 5.12. The molecule has 0 fully saturated rings. The molecule has 116 valence electrons. The molecule has 1 aromatic rings. The number of hydrogen-bond donors (Lipinski definition) is 0. The smallest absolute Gasteiger partial charge is 0.311 e. The van der Waals surface area contributed by atoms with Crippen LogP contribution in [0.1, 0.15) is 68.6 Å². The van der Waals surface area contributed by atoms with E-state index in [9.17, 15) is 9.59 Å². The normalized spacial score (nSPS) is 10.4. The van der Waals surface area contributed by atoms with Crippen molar-refractivity contribution in [3.63, 3.8) is 0 Å². The van der Waals surface area contributed by atoms with Crippen LogP contribution >= 0.6 is 11.6 Å². The lowest BCUT2D eigenvalue weighted by atomic mass is 10.1. The van der Waals surface area contributed by atoms with E-state index in [1.807, 2.05) is 0 Å². The molecular weight excluding hydrogens is 288 g/mol. The number of hydrogen-bond acceptors (Lipinski definition) is 3. The summed E-state index contributed by atoms with van der Waals surface area (Å²) in [5, 5.41) is -0.616. The highest BCUT2D eigenvalue weighted by Gasteiger charge is 2.12. The van der Waals surface area contributed by atoms with Crippen molar-refractivity contribution in [2.75, 3.05) is 0 Å². The maximum absolute atomic E-state index is 11.7. The molecule has 0 saturated heterocycles. The summed E-state index contributed by atoms with van der Waals surface area (Å²) in [5.74, 6) is -0.0700. The number of carbonyl (C=O) groups excluding carboxylic acids is 2. The number of halogens is 1. The summed E-state index contributed by atoms with van der Waals surface area (Å²) in [4.78, 5) is 23.0. The summed E-state index contributed by atoms with van der Waals surface area (Å²) in [6.45, 7) is 2.19. The number of esters is 1. The van der Waals surface area contributed by atoms with Crippen molar-refractivity contribution in [1.29, 1.82) is 0 Å². The van der Waals surface area contributed by atoms with Gasteiger partial charge in [-0.2, -0.15) is 0 Å². The number of ether oxygens (including phenoxy) is 1. The van der Waals surface area contributed by atoms with Crippen LogP contribution in [0.2, 0.25) is 0 Å². The molecule has 3 nitrogen and oxygen atoms in total. The largest absolute Gasteiger partial charge is 0.426 e. The number of rotatable bonds is 10. The van der Waals surface area contributed by atoms with Crippen molar-refractivity contribution in [1.82, 2.24) is 0 Å². The summed E-state index contributed by atoms with van der Waals surface area (Å²) in [6.07, 6.45) is 8.41. The quantitative estimate of drug-likeness (QED) is 0.261. The van der Waals surface area contributed by atoms with E-state index in [-0.39, 0.29) is 17.3 Å². The van der Waals surface area contributed by atoms with Gasteiger partial charge in [0, 0.05) is 6.42 Å². The van der Waals surface area contributed by atoms with E-state index >= 15 is 0 Å². The third-order valence-electron chi connectivity index (χ3n) is 3.31. The number of benzene rings is 1. The Labute approximate surface area is 131 Å². The van der Waals surface area contributed by atoms with E-state index in [1.165, 1.54) is 25.7 Å². The Hall–Kier alpha value is -1.35. The van der Waals surface area contributed by atoms with Crippen LogP contribution in [0, 0.1) is 0 Å². The molecule has 0 N–H and O–H groups in total. The van der Waals surface area contributed by atoms with Crippen LogP contribution in [0.5, 0.6) is 5.75 Å². The van der Waals surface area contributed by atoms with Gasteiger partial charge in [-0.25, -0.2) is 0 Å². The molecule has 1 rings (SSSR count). The molecule has 0 aliphatic carbocycles. The minimum Gasteiger partial charge on any atom is -0.426 e. The molecule has 0 atom stereocenters. The molecule has 0 aromatic heterocycles. The van der Waals surface area contributed by atoms with Gasteiger partial charge in [-0.3, -0.25) is 9.59 Å². The molecule has 0 amide bonds. The first kappa shape index (κ1) is 17.7. The van der Waals surface area contributed by atoms with Crippen LogP contribution in [0.4, 0.5) is 0 Å². The molecule has 1 aromatic carbocycles. The van der Waals surface area contributed by atoms with Gasteiger partial charge in [0.15, 0.2) is 0 Å². The van der Waals surface area contributed by atoms with Crippen molar-refractivity contribution < 1.29 is 14.3 Å². The first-order valence-electron chi connectivity index (χ1n) is 7.64. The Balaban J connectivity index is 2.27. The second kappa shape index (κ2) is 10.4. The third-order valence-corrected chi connectivity index (χ3v) is 3.51. The fourth-order valence-corrected chi connectivity index (χ4v) is 2.27. The van der Waals surface area contributed by atoms with Crippen molar-refractivity contribution in [3.05, 3.63) is 29.8 Å². The number of unbranched alkanes of at least 4 members (excludes halogenated alkanes) is 6. The lowest BCUT2D eigenvalue weighted by molar-refractivity contribution is -0.134. The lowest BCUT2D eigenvalue weighted by Gasteiger charge is -2.07. The summed E-state index contributed by atoms with van der Waals surface area (Å²) in [7, 11) is 0.